The number of benzene rings is 3. The quantitative estimate of drug-likeness (QED) is 0.414. The first-order valence-corrected chi connectivity index (χ1v) is 11.0. The number of likely N-dealkylation sites (tertiary alicyclic amines) is 1. The molecule has 2 unspecified atom stereocenters. The zero-order valence-electron chi connectivity index (χ0n) is 18.2. The van der Waals surface area contributed by atoms with E-state index < -0.39 is 17.7 Å². The second kappa shape index (κ2) is 8.95. The van der Waals surface area contributed by atoms with Crippen molar-refractivity contribution in [1.29, 1.82) is 0 Å². The van der Waals surface area contributed by atoms with E-state index in [1.54, 1.807) is 6.20 Å². The number of fused-ring (bicyclic) bond motifs is 1. The fraction of sp³-hybridized carbons (Fsp3) is 0.231. The SMILES string of the molecule is O=C(Nc1ccc2[nH]ncc2c1)C1CN(Cc2ccccc2)CC1c1ccc(C(F)(F)F)cc1. The Kier molecular flexibility index (Phi) is 5.83. The van der Waals surface area contributed by atoms with Crippen LogP contribution in [0.3, 0.4) is 0 Å². The molecular weight excluding hydrogens is 441 g/mol. The van der Waals surface area contributed by atoms with Crippen molar-refractivity contribution in [3.05, 3.63) is 95.7 Å². The van der Waals surface area contributed by atoms with E-state index in [9.17, 15) is 18.0 Å². The molecule has 1 saturated heterocycles. The molecule has 0 aliphatic carbocycles. The van der Waals surface area contributed by atoms with Crippen LogP contribution in [0, 0.1) is 5.92 Å². The number of carbonyl (C=O) groups excluding carboxylic acids is 1. The van der Waals surface area contributed by atoms with Crippen LogP contribution in [0.2, 0.25) is 0 Å². The topological polar surface area (TPSA) is 61.0 Å². The lowest BCUT2D eigenvalue weighted by Crippen LogP contribution is -2.28. The summed E-state index contributed by atoms with van der Waals surface area (Å²) in [5.74, 6) is -0.771. The number of carbonyl (C=O) groups is 1. The van der Waals surface area contributed by atoms with E-state index in [2.05, 4.69) is 20.4 Å². The van der Waals surface area contributed by atoms with Crippen LogP contribution in [0.25, 0.3) is 10.9 Å². The summed E-state index contributed by atoms with van der Waals surface area (Å²) in [5, 5.41) is 10.8. The first kappa shape index (κ1) is 22.2. The monoisotopic (exact) mass is 464 g/mol. The molecule has 8 heteroatoms. The normalized spacial score (nSPS) is 18.9. The van der Waals surface area contributed by atoms with Gasteiger partial charge in [0, 0.05) is 36.6 Å². The molecule has 0 saturated carbocycles. The molecule has 1 amide bonds. The summed E-state index contributed by atoms with van der Waals surface area (Å²) in [5.41, 5.74) is 2.70. The van der Waals surface area contributed by atoms with E-state index in [1.165, 1.54) is 12.1 Å². The number of halogens is 3. The summed E-state index contributed by atoms with van der Waals surface area (Å²) < 4.78 is 39.2. The zero-order chi connectivity index (χ0) is 23.7. The van der Waals surface area contributed by atoms with Crippen LogP contribution >= 0.6 is 0 Å². The largest absolute Gasteiger partial charge is 0.416 e. The Labute approximate surface area is 194 Å². The van der Waals surface area contributed by atoms with Crippen LogP contribution in [0.4, 0.5) is 18.9 Å². The highest BCUT2D eigenvalue weighted by Gasteiger charge is 2.39. The number of hydrogen-bond donors (Lipinski definition) is 2. The molecule has 34 heavy (non-hydrogen) atoms. The van der Waals surface area contributed by atoms with Gasteiger partial charge in [-0.15, -0.1) is 0 Å². The maximum atomic E-state index is 13.4. The van der Waals surface area contributed by atoms with E-state index in [-0.39, 0.29) is 11.8 Å². The summed E-state index contributed by atoms with van der Waals surface area (Å²) >= 11 is 0. The van der Waals surface area contributed by atoms with Gasteiger partial charge >= 0.3 is 6.18 Å². The molecule has 1 fully saturated rings. The van der Waals surface area contributed by atoms with Gasteiger partial charge in [0.15, 0.2) is 0 Å². The van der Waals surface area contributed by atoms with E-state index in [0.29, 0.717) is 25.3 Å². The Bertz CT molecular complexity index is 1280. The molecule has 5 nitrogen and oxygen atoms in total. The third-order valence-electron chi connectivity index (χ3n) is 6.36. The number of rotatable bonds is 5. The van der Waals surface area contributed by atoms with Crippen molar-refractivity contribution >= 4 is 22.5 Å². The number of aromatic amines is 1. The Balaban J connectivity index is 1.39. The molecule has 1 aromatic heterocycles. The first-order valence-electron chi connectivity index (χ1n) is 11.0. The van der Waals surface area contributed by atoms with Crippen LogP contribution in [0.5, 0.6) is 0 Å². The van der Waals surface area contributed by atoms with Gasteiger partial charge in [-0.2, -0.15) is 18.3 Å². The van der Waals surface area contributed by atoms with Gasteiger partial charge in [0.25, 0.3) is 0 Å². The predicted octanol–water partition coefficient (Wildman–Crippen LogP) is 5.44. The van der Waals surface area contributed by atoms with E-state index >= 15 is 0 Å². The summed E-state index contributed by atoms with van der Waals surface area (Å²) in [6, 6.07) is 20.6. The van der Waals surface area contributed by atoms with Gasteiger partial charge in [-0.3, -0.25) is 14.8 Å². The third kappa shape index (κ3) is 4.68. The average molecular weight is 464 g/mol. The van der Waals surface area contributed by atoms with E-state index in [0.717, 1.165) is 34.2 Å². The number of nitrogens with zero attached hydrogens (tertiary/aromatic N) is 2. The number of alkyl halides is 3. The number of nitrogens with one attached hydrogen (secondary N) is 2. The van der Waals surface area contributed by atoms with Crippen LogP contribution in [-0.4, -0.2) is 34.1 Å². The lowest BCUT2D eigenvalue weighted by molar-refractivity contribution is -0.137. The fourth-order valence-electron chi connectivity index (χ4n) is 4.63. The molecule has 3 aromatic carbocycles. The van der Waals surface area contributed by atoms with E-state index in [1.807, 2.05) is 48.5 Å². The number of amides is 1. The number of anilines is 1. The molecule has 0 spiro atoms. The molecule has 4 aromatic rings. The second-order valence-electron chi connectivity index (χ2n) is 8.67. The highest BCUT2D eigenvalue weighted by atomic mass is 19.4. The minimum absolute atomic E-state index is 0.150. The van der Waals surface area contributed by atoms with Crippen molar-refractivity contribution in [2.24, 2.45) is 5.92 Å². The Morgan fingerprint density at radius 3 is 2.53 bits per heavy atom. The molecule has 1 aliphatic rings. The van der Waals surface area contributed by atoms with Crippen molar-refractivity contribution < 1.29 is 18.0 Å². The fourth-order valence-corrected chi connectivity index (χ4v) is 4.63. The Morgan fingerprint density at radius 1 is 1.03 bits per heavy atom. The molecule has 174 valence electrons. The zero-order valence-corrected chi connectivity index (χ0v) is 18.2. The van der Waals surface area contributed by atoms with Gasteiger partial charge in [0.2, 0.25) is 5.91 Å². The minimum atomic E-state index is -4.39. The van der Waals surface area contributed by atoms with Crippen molar-refractivity contribution in [2.45, 2.75) is 18.6 Å². The van der Waals surface area contributed by atoms with Gasteiger partial charge in [-0.1, -0.05) is 42.5 Å². The van der Waals surface area contributed by atoms with E-state index in [4.69, 9.17) is 0 Å². The number of aromatic nitrogens is 2. The predicted molar refractivity (Wildman–Crippen MR) is 124 cm³/mol. The summed E-state index contributed by atoms with van der Waals surface area (Å²) in [6.07, 6.45) is -2.71. The molecule has 5 rings (SSSR count). The summed E-state index contributed by atoms with van der Waals surface area (Å²) in [4.78, 5) is 15.5. The van der Waals surface area contributed by atoms with Crippen molar-refractivity contribution in [3.8, 4) is 0 Å². The van der Waals surface area contributed by atoms with Gasteiger partial charge < -0.3 is 5.32 Å². The highest BCUT2D eigenvalue weighted by Crippen LogP contribution is 2.36. The molecule has 2 N–H and O–H groups in total. The first-order chi connectivity index (χ1) is 16.4. The van der Waals surface area contributed by atoms with Crippen LogP contribution < -0.4 is 5.32 Å². The maximum absolute atomic E-state index is 13.4. The second-order valence-corrected chi connectivity index (χ2v) is 8.67. The number of H-pyrrole nitrogens is 1. The molecular formula is C26H23F3N4O. The number of hydrogen-bond acceptors (Lipinski definition) is 3. The van der Waals surface area contributed by atoms with Crippen LogP contribution in [0.15, 0.2) is 79.0 Å². The molecule has 0 bridgehead atoms. The molecule has 2 atom stereocenters. The highest BCUT2D eigenvalue weighted by molar-refractivity contribution is 5.95. The van der Waals surface area contributed by atoms with Crippen LogP contribution in [-0.2, 0) is 17.5 Å². The van der Waals surface area contributed by atoms with Gasteiger partial charge in [-0.25, -0.2) is 0 Å². The lowest BCUT2D eigenvalue weighted by Gasteiger charge is -2.19. The smallest absolute Gasteiger partial charge is 0.326 e. The summed E-state index contributed by atoms with van der Waals surface area (Å²) in [6.45, 7) is 1.77. The standard InChI is InChI=1S/C26H23F3N4O/c27-26(28,29)20-8-6-18(7-9-20)22-15-33(14-17-4-2-1-3-5-17)16-23(22)25(34)31-21-10-11-24-19(12-21)13-30-32-24/h1-13,22-23H,14-16H2,(H,30,32)(H,31,34). The molecule has 0 radical (unpaired) electrons. The molecule has 1 aliphatic heterocycles. The lowest BCUT2D eigenvalue weighted by atomic mass is 9.88. The maximum Gasteiger partial charge on any atom is 0.416 e. The van der Waals surface area contributed by atoms with Crippen molar-refractivity contribution in [2.75, 3.05) is 18.4 Å². The molecule has 2 heterocycles. The van der Waals surface area contributed by atoms with Crippen molar-refractivity contribution in [3.63, 3.8) is 0 Å². The van der Waals surface area contributed by atoms with Gasteiger partial charge in [0.1, 0.15) is 0 Å². The minimum Gasteiger partial charge on any atom is -0.326 e. The van der Waals surface area contributed by atoms with Crippen molar-refractivity contribution in [1.82, 2.24) is 15.1 Å². The summed E-state index contributed by atoms with van der Waals surface area (Å²) in [7, 11) is 0. The average Bonchev–Trinajstić information content (AvgIpc) is 3.46. The Hall–Kier alpha value is -3.65. The van der Waals surface area contributed by atoms with Gasteiger partial charge in [-0.05, 0) is 41.5 Å². The van der Waals surface area contributed by atoms with Gasteiger partial charge in [0.05, 0.1) is 23.2 Å². The van der Waals surface area contributed by atoms with Crippen LogP contribution in [0.1, 0.15) is 22.6 Å². The Morgan fingerprint density at radius 2 is 1.79 bits per heavy atom. The third-order valence-corrected chi connectivity index (χ3v) is 6.36.